The predicted molar refractivity (Wildman–Crippen MR) is 93.8 cm³/mol. The second-order valence-corrected chi connectivity index (χ2v) is 6.60. The van der Waals surface area contributed by atoms with Gasteiger partial charge >= 0.3 is 0 Å². The summed E-state index contributed by atoms with van der Waals surface area (Å²) in [5, 5.41) is 7.24. The fourth-order valence-corrected chi connectivity index (χ4v) is 3.09. The van der Waals surface area contributed by atoms with Crippen molar-refractivity contribution in [1.82, 2.24) is 10.2 Å². The zero-order valence-corrected chi connectivity index (χ0v) is 14.3. The highest BCUT2D eigenvalue weighted by Crippen LogP contribution is 2.31. The van der Waals surface area contributed by atoms with E-state index < -0.39 is 0 Å². The number of aromatic nitrogens is 2. The van der Waals surface area contributed by atoms with Crippen molar-refractivity contribution >= 4 is 23.4 Å². The van der Waals surface area contributed by atoms with E-state index in [1.165, 1.54) is 5.56 Å². The molecule has 0 saturated carbocycles. The topological polar surface area (TPSA) is 58.2 Å². The van der Waals surface area contributed by atoms with E-state index in [4.69, 9.17) is 4.74 Å². The van der Waals surface area contributed by atoms with E-state index in [2.05, 4.69) is 22.5 Å². The third kappa shape index (κ3) is 3.43. The van der Waals surface area contributed by atoms with Crippen LogP contribution in [0, 0.1) is 0 Å². The van der Waals surface area contributed by atoms with Crippen LogP contribution in [0.15, 0.2) is 24.4 Å². The molecule has 23 heavy (non-hydrogen) atoms. The standard InChI is InChI=1S/C17H21N3O2S/c1-20-15-5-3-13(9-12(15)4-6-16(20)21)17-14(10-18-19-17)11-22-7-8-23-2/h3,5,9-10H,4,6-8,11H2,1-2H3,(H,18,19). The summed E-state index contributed by atoms with van der Waals surface area (Å²) in [6.07, 6.45) is 5.26. The number of amides is 1. The number of nitrogens with zero attached hydrogens (tertiary/aromatic N) is 2. The van der Waals surface area contributed by atoms with Crippen LogP contribution >= 0.6 is 11.8 Å². The molecule has 1 aliphatic heterocycles. The Kier molecular flexibility index (Phi) is 5.03. The molecule has 2 aromatic rings. The van der Waals surface area contributed by atoms with Crippen molar-refractivity contribution in [3.05, 3.63) is 35.5 Å². The molecule has 1 aromatic heterocycles. The number of benzene rings is 1. The third-order valence-corrected chi connectivity index (χ3v) is 4.69. The maximum atomic E-state index is 11.8. The first-order chi connectivity index (χ1) is 11.2. The van der Waals surface area contributed by atoms with Crippen molar-refractivity contribution < 1.29 is 9.53 Å². The van der Waals surface area contributed by atoms with Crippen LogP contribution in [0.3, 0.4) is 0 Å². The molecule has 5 nitrogen and oxygen atoms in total. The molecule has 1 amide bonds. The van der Waals surface area contributed by atoms with Gasteiger partial charge in [0.1, 0.15) is 0 Å². The Morgan fingerprint density at radius 2 is 2.26 bits per heavy atom. The molecule has 0 fully saturated rings. The summed E-state index contributed by atoms with van der Waals surface area (Å²) in [4.78, 5) is 13.5. The SMILES string of the molecule is CSCCOCc1cn[nH]c1-c1ccc2c(c1)CCC(=O)N2C. The Hall–Kier alpha value is -1.79. The minimum Gasteiger partial charge on any atom is -0.376 e. The summed E-state index contributed by atoms with van der Waals surface area (Å²) in [7, 11) is 1.83. The van der Waals surface area contributed by atoms with E-state index in [0.717, 1.165) is 41.3 Å². The second kappa shape index (κ2) is 7.19. The summed E-state index contributed by atoms with van der Waals surface area (Å²) < 4.78 is 5.69. The lowest BCUT2D eigenvalue weighted by molar-refractivity contribution is -0.118. The van der Waals surface area contributed by atoms with Crippen LogP contribution in [-0.2, 0) is 22.6 Å². The Bertz CT molecular complexity index is 699. The average Bonchev–Trinajstić information content (AvgIpc) is 3.03. The van der Waals surface area contributed by atoms with Gasteiger partial charge in [0, 0.05) is 36.0 Å². The number of aryl methyl sites for hydroxylation is 1. The van der Waals surface area contributed by atoms with Crippen molar-refractivity contribution in [2.45, 2.75) is 19.4 Å². The first-order valence-corrected chi connectivity index (χ1v) is 9.09. The van der Waals surface area contributed by atoms with Crippen molar-refractivity contribution in [3.63, 3.8) is 0 Å². The van der Waals surface area contributed by atoms with Gasteiger partial charge in [-0.15, -0.1) is 0 Å². The van der Waals surface area contributed by atoms with Crippen molar-refractivity contribution in [3.8, 4) is 11.3 Å². The van der Waals surface area contributed by atoms with Crippen LogP contribution in [-0.4, -0.2) is 41.8 Å². The van der Waals surface area contributed by atoms with E-state index in [-0.39, 0.29) is 5.91 Å². The number of ether oxygens (including phenoxy) is 1. The lowest BCUT2D eigenvalue weighted by Crippen LogP contribution is -2.30. The highest BCUT2D eigenvalue weighted by Gasteiger charge is 2.21. The van der Waals surface area contributed by atoms with Crippen LogP contribution in [0.2, 0.25) is 0 Å². The number of nitrogens with one attached hydrogen (secondary N) is 1. The number of carbonyl (C=O) groups excluding carboxylic acids is 1. The van der Waals surface area contributed by atoms with Gasteiger partial charge in [0.05, 0.1) is 25.1 Å². The quantitative estimate of drug-likeness (QED) is 0.827. The first kappa shape index (κ1) is 16.1. The summed E-state index contributed by atoms with van der Waals surface area (Å²) in [5.41, 5.74) is 5.35. The minimum absolute atomic E-state index is 0.176. The average molecular weight is 331 g/mol. The molecule has 0 aliphatic carbocycles. The predicted octanol–water partition coefficient (Wildman–Crippen LogP) is 2.87. The van der Waals surface area contributed by atoms with Crippen LogP contribution in [0.4, 0.5) is 5.69 Å². The summed E-state index contributed by atoms with van der Waals surface area (Å²) in [6.45, 7) is 1.30. The van der Waals surface area contributed by atoms with Crippen LogP contribution in [0.1, 0.15) is 17.5 Å². The number of fused-ring (bicyclic) bond motifs is 1. The fraction of sp³-hybridized carbons (Fsp3) is 0.412. The molecule has 1 N–H and O–H groups in total. The minimum atomic E-state index is 0.176. The van der Waals surface area contributed by atoms with E-state index >= 15 is 0 Å². The normalized spacial score (nSPS) is 14.2. The van der Waals surface area contributed by atoms with Crippen molar-refractivity contribution in [2.75, 3.05) is 30.6 Å². The molecule has 122 valence electrons. The molecular formula is C17H21N3O2S. The van der Waals surface area contributed by atoms with Gasteiger partial charge in [0.25, 0.3) is 0 Å². The van der Waals surface area contributed by atoms with E-state index in [1.54, 1.807) is 16.7 Å². The van der Waals surface area contributed by atoms with Gasteiger partial charge in [-0.1, -0.05) is 6.07 Å². The number of thioether (sulfide) groups is 1. The van der Waals surface area contributed by atoms with Gasteiger partial charge in [-0.25, -0.2) is 0 Å². The molecule has 0 unspecified atom stereocenters. The third-order valence-electron chi connectivity index (χ3n) is 4.12. The lowest BCUT2D eigenvalue weighted by atomic mass is 9.97. The van der Waals surface area contributed by atoms with E-state index in [9.17, 15) is 4.79 Å². The molecule has 2 heterocycles. The number of hydrogen-bond donors (Lipinski definition) is 1. The molecule has 3 rings (SSSR count). The van der Waals surface area contributed by atoms with Crippen molar-refractivity contribution in [1.29, 1.82) is 0 Å². The van der Waals surface area contributed by atoms with Gasteiger partial charge in [-0.2, -0.15) is 16.9 Å². The highest BCUT2D eigenvalue weighted by molar-refractivity contribution is 7.98. The molecule has 1 aliphatic rings. The number of rotatable bonds is 6. The summed E-state index contributed by atoms with van der Waals surface area (Å²) in [6, 6.07) is 6.20. The molecule has 0 spiro atoms. The fourth-order valence-electron chi connectivity index (χ4n) is 2.81. The molecule has 0 bridgehead atoms. The summed E-state index contributed by atoms with van der Waals surface area (Å²) >= 11 is 1.77. The Labute approximate surface area is 140 Å². The Balaban J connectivity index is 1.80. The molecule has 6 heteroatoms. The number of anilines is 1. The number of aromatic amines is 1. The van der Waals surface area contributed by atoms with Crippen molar-refractivity contribution in [2.24, 2.45) is 0 Å². The van der Waals surface area contributed by atoms with Crippen LogP contribution < -0.4 is 4.90 Å². The zero-order chi connectivity index (χ0) is 16.2. The van der Waals surface area contributed by atoms with Gasteiger partial charge in [-0.05, 0) is 30.4 Å². The monoisotopic (exact) mass is 331 g/mol. The van der Waals surface area contributed by atoms with E-state index in [1.807, 2.05) is 25.4 Å². The largest absolute Gasteiger partial charge is 0.376 e. The first-order valence-electron chi connectivity index (χ1n) is 7.69. The molecule has 0 radical (unpaired) electrons. The smallest absolute Gasteiger partial charge is 0.227 e. The Morgan fingerprint density at radius 1 is 1.39 bits per heavy atom. The molecule has 1 aromatic carbocycles. The maximum Gasteiger partial charge on any atom is 0.227 e. The maximum absolute atomic E-state index is 11.8. The lowest BCUT2D eigenvalue weighted by Gasteiger charge is -2.26. The second-order valence-electron chi connectivity index (χ2n) is 5.61. The molecule has 0 atom stereocenters. The van der Waals surface area contributed by atoms with Gasteiger partial charge < -0.3 is 9.64 Å². The van der Waals surface area contributed by atoms with E-state index in [0.29, 0.717) is 13.0 Å². The van der Waals surface area contributed by atoms with Gasteiger partial charge in [0.2, 0.25) is 5.91 Å². The van der Waals surface area contributed by atoms with Gasteiger partial charge in [0.15, 0.2) is 0 Å². The highest BCUT2D eigenvalue weighted by atomic mass is 32.2. The molecular weight excluding hydrogens is 310 g/mol. The number of hydrogen-bond acceptors (Lipinski definition) is 4. The number of H-pyrrole nitrogens is 1. The zero-order valence-electron chi connectivity index (χ0n) is 13.5. The van der Waals surface area contributed by atoms with Crippen LogP contribution in [0.25, 0.3) is 11.3 Å². The van der Waals surface area contributed by atoms with Crippen LogP contribution in [0.5, 0.6) is 0 Å². The number of carbonyl (C=O) groups is 1. The summed E-state index contributed by atoms with van der Waals surface area (Å²) in [5.74, 6) is 1.17. The Morgan fingerprint density at radius 3 is 3.09 bits per heavy atom. The molecule has 0 saturated heterocycles. The van der Waals surface area contributed by atoms with Gasteiger partial charge in [-0.3, -0.25) is 9.89 Å².